The van der Waals surface area contributed by atoms with Crippen LogP contribution in [0.5, 0.6) is 0 Å². The van der Waals surface area contributed by atoms with Gasteiger partial charge in [-0.25, -0.2) is 4.79 Å². The quantitative estimate of drug-likeness (QED) is 0.363. The summed E-state index contributed by atoms with van der Waals surface area (Å²) >= 11 is 0. The van der Waals surface area contributed by atoms with Crippen molar-refractivity contribution in [3.8, 4) is 0 Å². The third-order valence-electron chi connectivity index (χ3n) is 2.79. The van der Waals surface area contributed by atoms with Gasteiger partial charge in [0, 0.05) is 12.6 Å². The van der Waals surface area contributed by atoms with Crippen molar-refractivity contribution in [1.82, 2.24) is 9.55 Å². The Hall–Kier alpha value is -0.290. The molecule has 21 heavy (non-hydrogen) atoms. The number of phosphoric acid groups is 1. The molecule has 1 aromatic heterocycles. The van der Waals surface area contributed by atoms with Crippen molar-refractivity contribution in [1.29, 1.82) is 0 Å². The van der Waals surface area contributed by atoms with Crippen molar-refractivity contribution in [3.05, 3.63) is 22.7 Å². The number of nitrogen functional groups attached to an aromatic ring is 1. The molecule has 1 aromatic rings. The summed E-state index contributed by atoms with van der Waals surface area (Å²) in [6.07, 6.45) is -1.67. The van der Waals surface area contributed by atoms with Gasteiger partial charge in [-0.15, -0.1) is 0 Å². The molecule has 0 saturated carbocycles. The van der Waals surface area contributed by atoms with Crippen LogP contribution in [-0.4, -0.2) is 38.4 Å². The second kappa shape index (κ2) is 7.32. The molecule has 0 aromatic carbocycles. The van der Waals surface area contributed by atoms with E-state index in [2.05, 4.69) is 9.51 Å². The molecule has 4 N–H and O–H groups in total. The molecule has 4 atom stereocenters. The van der Waals surface area contributed by atoms with Crippen molar-refractivity contribution < 1.29 is 58.3 Å². The summed E-state index contributed by atoms with van der Waals surface area (Å²) in [5, 5.41) is 9.11. The molecule has 0 aliphatic carbocycles. The summed E-state index contributed by atoms with van der Waals surface area (Å²) in [5.74, 6) is 0.0372. The molecule has 1 aliphatic rings. The summed E-state index contributed by atoms with van der Waals surface area (Å²) in [5.41, 5.74) is 4.67. The Balaban J connectivity index is 0.00000220. The Kier molecular flexibility index (Phi) is 6.54. The van der Waals surface area contributed by atoms with Crippen molar-refractivity contribution in [3.63, 3.8) is 0 Å². The smallest absolute Gasteiger partial charge is 0.756 e. The molecular weight excluding hydrogens is 316 g/mol. The zero-order chi connectivity index (χ0) is 14.9. The second-order valence-electron chi connectivity index (χ2n) is 4.20. The van der Waals surface area contributed by atoms with E-state index >= 15 is 0 Å². The number of hydrogen-bond acceptors (Lipinski definition) is 8. The van der Waals surface area contributed by atoms with Gasteiger partial charge in [0.1, 0.15) is 18.1 Å². The molecule has 2 rings (SSSR count). The number of aromatic nitrogens is 2. The van der Waals surface area contributed by atoms with E-state index in [1.165, 1.54) is 12.3 Å². The largest absolute Gasteiger partial charge is 1.00 e. The van der Waals surface area contributed by atoms with E-state index in [9.17, 15) is 14.3 Å². The van der Waals surface area contributed by atoms with Crippen LogP contribution in [0.2, 0.25) is 0 Å². The Morgan fingerprint density at radius 1 is 1.67 bits per heavy atom. The maximum absolute atomic E-state index is 11.6. The van der Waals surface area contributed by atoms with Gasteiger partial charge in [0.15, 0.2) is 0 Å². The molecular formula is C9H13N3NaO7P. The minimum atomic E-state index is -4.97. The SMILES string of the molecule is Nc1ccn([C@H]2C[C@H](OP(=O)([O-])O)[C@@H](CO)O2)c(=O)n1.[Na+]. The predicted octanol–water partition coefficient (Wildman–Crippen LogP) is -5.04. The second-order valence-corrected chi connectivity index (χ2v) is 5.35. The Morgan fingerprint density at radius 2 is 2.33 bits per heavy atom. The topological polar surface area (TPSA) is 160 Å². The van der Waals surface area contributed by atoms with Crippen LogP contribution in [0, 0.1) is 0 Å². The molecule has 112 valence electrons. The van der Waals surface area contributed by atoms with Gasteiger partial charge in [-0.1, -0.05) is 0 Å². The Labute approximate surface area is 141 Å². The number of hydrogen-bond donors (Lipinski definition) is 3. The van der Waals surface area contributed by atoms with Gasteiger partial charge >= 0.3 is 35.2 Å². The zero-order valence-electron chi connectivity index (χ0n) is 11.2. The summed E-state index contributed by atoms with van der Waals surface area (Å²) < 4.78 is 21.6. The fourth-order valence-corrected chi connectivity index (χ4v) is 2.53. The van der Waals surface area contributed by atoms with Gasteiger partial charge in [-0.05, 0) is 6.07 Å². The van der Waals surface area contributed by atoms with Crippen molar-refractivity contribution >= 4 is 13.6 Å². The molecule has 0 bridgehead atoms. The molecule has 1 unspecified atom stereocenters. The molecule has 0 radical (unpaired) electrons. The van der Waals surface area contributed by atoms with E-state index in [-0.39, 0.29) is 41.8 Å². The maximum Gasteiger partial charge on any atom is 1.00 e. The molecule has 1 saturated heterocycles. The number of aliphatic hydroxyl groups is 1. The number of phosphoric ester groups is 1. The van der Waals surface area contributed by atoms with Crippen LogP contribution in [-0.2, 0) is 13.8 Å². The van der Waals surface area contributed by atoms with Gasteiger partial charge in [0.25, 0.3) is 7.82 Å². The average molecular weight is 329 g/mol. The molecule has 0 amide bonds. The first-order valence-electron chi connectivity index (χ1n) is 5.63. The van der Waals surface area contributed by atoms with Crippen molar-refractivity contribution in [2.75, 3.05) is 12.3 Å². The summed E-state index contributed by atoms with van der Waals surface area (Å²) in [7, 11) is -4.97. The predicted molar refractivity (Wildman–Crippen MR) is 63.2 cm³/mol. The first-order valence-corrected chi connectivity index (χ1v) is 7.13. The molecule has 0 spiro atoms. The van der Waals surface area contributed by atoms with E-state index in [1.807, 2.05) is 0 Å². The number of ether oxygens (including phenoxy) is 1. The third-order valence-corrected chi connectivity index (χ3v) is 3.33. The van der Waals surface area contributed by atoms with Gasteiger partial charge in [0.05, 0.1) is 12.7 Å². The minimum absolute atomic E-state index is 0. The number of nitrogens with zero attached hydrogens (tertiary/aromatic N) is 2. The van der Waals surface area contributed by atoms with Crippen LogP contribution >= 0.6 is 7.82 Å². The first kappa shape index (κ1) is 18.8. The molecule has 1 fully saturated rings. The molecule has 2 heterocycles. The van der Waals surface area contributed by atoms with Gasteiger partial charge < -0.3 is 29.9 Å². The third kappa shape index (κ3) is 4.85. The standard InChI is InChI=1S/C9H14N3O7P.Na/c10-7-1-2-12(9(14)11-7)8-3-5(6(4-13)18-8)19-20(15,16)17;/h1-2,5-6,8,13H,3-4H2,(H2,10,11,14)(H2,15,16,17);/q;+1/p-1/t5-,6+,8+;/m0./s1. The van der Waals surface area contributed by atoms with Crippen molar-refractivity contribution in [2.24, 2.45) is 0 Å². The molecule has 1 aliphatic heterocycles. The number of nitrogens with two attached hydrogens (primary N) is 1. The monoisotopic (exact) mass is 329 g/mol. The van der Waals surface area contributed by atoms with Crippen molar-refractivity contribution in [2.45, 2.75) is 24.9 Å². The average Bonchev–Trinajstić information content (AvgIpc) is 2.69. The van der Waals surface area contributed by atoms with Crippen LogP contribution in [0.25, 0.3) is 0 Å². The van der Waals surface area contributed by atoms with E-state index in [0.29, 0.717) is 0 Å². The van der Waals surface area contributed by atoms with Gasteiger partial charge in [-0.2, -0.15) is 4.98 Å². The van der Waals surface area contributed by atoms with Crippen LogP contribution in [0.3, 0.4) is 0 Å². The molecule has 12 heteroatoms. The van der Waals surface area contributed by atoms with Crippen LogP contribution in [0.15, 0.2) is 17.1 Å². The van der Waals surface area contributed by atoms with Gasteiger partial charge in [0.2, 0.25) is 0 Å². The summed E-state index contributed by atoms with van der Waals surface area (Å²) in [4.78, 5) is 34.6. The van der Waals surface area contributed by atoms with E-state index in [0.717, 1.165) is 4.57 Å². The van der Waals surface area contributed by atoms with E-state index in [4.69, 9.17) is 20.5 Å². The van der Waals surface area contributed by atoms with E-state index < -0.39 is 38.6 Å². The summed E-state index contributed by atoms with van der Waals surface area (Å²) in [6, 6.07) is 1.37. The first-order chi connectivity index (χ1) is 9.30. The minimum Gasteiger partial charge on any atom is -0.756 e. The summed E-state index contributed by atoms with van der Waals surface area (Å²) in [6.45, 7) is -0.529. The van der Waals surface area contributed by atoms with Crippen LogP contribution < -0.4 is 45.9 Å². The number of anilines is 1. The zero-order valence-corrected chi connectivity index (χ0v) is 14.1. The Bertz CT molecular complexity index is 591. The fourth-order valence-electron chi connectivity index (χ4n) is 1.96. The van der Waals surface area contributed by atoms with Crippen LogP contribution in [0.4, 0.5) is 5.82 Å². The normalized spacial score (nSPS) is 27.9. The van der Waals surface area contributed by atoms with Gasteiger partial charge in [-0.3, -0.25) is 9.13 Å². The number of aliphatic hydroxyl groups excluding tert-OH is 1. The number of rotatable bonds is 4. The Morgan fingerprint density at radius 3 is 2.86 bits per heavy atom. The van der Waals surface area contributed by atoms with Crippen LogP contribution in [0.1, 0.15) is 12.6 Å². The fraction of sp³-hybridized carbons (Fsp3) is 0.556. The molecule has 10 nitrogen and oxygen atoms in total. The van der Waals surface area contributed by atoms with E-state index in [1.54, 1.807) is 0 Å². The maximum atomic E-state index is 11.6.